The van der Waals surface area contributed by atoms with E-state index in [0.717, 1.165) is 11.6 Å². The van der Waals surface area contributed by atoms with Crippen LogP contribution in [0.4, 0.5) is 0 Å². The number of nitrogens with one attached hydrogen (secondary N) is 5. The van der Waals surface area contributed by atoms with Crippen molar-refractivity contribution in [2.24, 2.45) is 0 Å². The molecule has 2 aromatic rings. The van der Waals surface area contributed by atoms with Crippen molar-refractivity contribution >= 4 is 59.3 Å². The summed E-state index contributed by atoms with van der Waals surface area (Å²) >= 11 is 0. The number of hydrogen-bond acceptors (Lipinski definition) is 12. The number of amides is 7. The van der Waals surface area contributed by atoms with Gasteiger partial charge in [-0.2, -0.15) is 0 Å². The summed E-state index contributed by atoms with van der Waals surface area (Å²) < 4.78 is 0. The van der Waals surface area contributed by atoms with E-state index in [0.29, 0.717) is 23.5 Å². The highest BCUT2D eigenvalue weighted by molar-refractivity contribution is 6.04. The molecule has 1 aliphatic rings. The highest BCUT2D eigenvalue weighted by Crippen LogP contribution is 2.15. The minimum Gasteiger partial charge on any atom is -0.481 e. The zero-order valence-electron chi connectivity index (χ0n) is 29.0. The van der Waals surface area contributed by atoms with Crippen molar-refractivity contribution in [3.05, 3.63) is 65.0 Å². The molecular formula is C34H39N7O13. The Bertz CT molecular complexity index is 1780. The summed E-state index contributed by atoms with van der Waals surface area (Å²) in [5.74, 6) is -9.03. The molecule has 20 heteroatoms. The van der Waals surface area contributed by atoms with Crippen LogP contribution in [0.15, 0.2) is 42.7 Å². The van der Waals surface area contributed by atoms with Gasteiger partial charge in [-0.3, -0.25) is 43.3 Å². The van der Waals surface area contributed by atoms with Gasteiger partial charge >= 0.3 is 17.9 Å². The normalized spacial score (nSPS) is 13.2. The van der Waals surface area contributed by atoms with Gasteiger partial charge in [0.1, 0.15) is 12.1 Å². The summed E-state index contributed by atoms with van der Waals surface area (Å²) in [7, 11) is 0. The molecule has 20 nitrogen and oxygen atoms in total. The predicted octanol–water partition coefficient (Wildman–Crippen LogP) is -1.02. The minimum atomic E-state index is -1.46. The molecule has 1 aliphatic heterocycles. The fourth-order valence-corrected chi connectivity index (χ4v) is 4.88. The maximum Gasteiger partial charge on any atom is 0.363 e. The number of carboxylic acids is 2. The third-order valence-electron chi connectivity index (χ3n) is 7.65. The molecule has 54 heavy (non-hydrogen) atoms. The third-order valence-corrected chi connectivity index (χ3v) is 7.65. The van der Waals surface area contributed by atoms with Crippen LogP contribution in [0.2, 0.25) is 0 Å². The number of rotatable bonds is 20. The average Bonchev–Trinajstić information content (AvgIpc) is 3.45. The smallest absolute Gasteiger partial charge is 0.363 e. The van der Waals surface area contributed by atoms with Crippen molar-refractivity contribution in [1.29, 1.82) is 0 Å². The maximum atomic E-state index is 12.8. The van der Waals surface area contributed by atoms with Gasteiger partial charge in [0.15, 0.2) is 0 Å². The van der Waals surface area contributed by atoms with Gasteiger partial charge in [0.2, 0.25) is 17.7 Å². The highest BCUT2D eigenvalue weighted by Gasteiger charge is 2.33. The Labute approximate surface area is 307 Å². The van der Waals surface area contributed by atoms with Gasteiger partial charge in [0.05, 0.1) is 24.2 Å². The van der Waals surface area contributed by atoms with Gasteiger partial charge in [0.25, 0.3) is 23.6 Å². The number of pyridine rings is 1. The highest BCUT2D eigenvalue weighted by atomic mass is 16.7. The van der Waals surface area contributed by atoms with Crippen LogP contribution in [0.3, 0.4) is 0 Å². The van der Waals surface area contributed by atoms with Gasteiger partial charge < -0.3 is 41.6 Å². The molecule has 0 bridgehead atoms. The van der Waals surface area contributed by atoms with Crippen LogP contribution in [0.5, 0.6) is 0 Å². The number of aliphatic carboxylic acids is 2. The summed E-state index contributed by atoms with van der Waals surface area (Å²) in [5.41, 5.74) is 0.902. The molecular weight excluding hydrogens is 714 g/mol. The molecule has 1 aromatic heterocycles. The van der Waals surface area contributed by atoms with Crippen LogP contribution >= 0.6 is 0 Å². The van der Waals surface area contributed by atoms with Gasteiger partial charge in [-0.05, 0) is 62.4 Å². The van der Waals surface area contributed by atoms with Crippen molar-refractivity contribution in [3.8, 4) is 0 Å². The molecule has 7 N–H and O–H groups in total. The van der Waals surface area contributed by atoms with E-state index in [1.54, 1.807) is 19.2 Å². The van der Waals surface area contributed by atoms with Crippen LogP contribution in [0.1, 0.15) is 81.6 Å². The number of nitrogens with zero attached hydrogens (tertiary/aromatic N) is 2. The number of hydrogen-bond donors (Lipinski definition) is 7. The molecule has 0 aliphatic carbocycles. The molecule has 1 aromatic carbocycles. The summed E-state index contributed by atoms with van der Waals surface area (Å²) in [5, 5.41) is 30.7. The van der Waals surface area contributed by atoms with E-state index in [1.807, 2.05) is 0 Å². The largest absolute Gasteiger partial charge is 0.481 e. The second kappa shape index (κ2) is 20.3. The van der Waals surface area contributed by atoms with Gasteiger partial charge in [-0.25, -0.2) is 9.59 Å². The van der Waals surface area contributed by atoms with Crippen molar-refractivity contribution in [2.45, 2.75) is 64.0 Å². The summed E-state index contributed by atoms with van der Waals surface area (Å²) in [6, 6.07) is 3.85. The third kappa shape index (κ3) is 13.4. The van der Waals surface area contributed by atoms with E-state index in [-0.39, 0.29) is 42.8 Å². The SMILES string of the molecule is Cc1cncc(C(=O)NCCCCC(NC(=O)CNC(=O)C(CCC(=O)O)NC(=O)CNC(=O)c2cccc(C(=O)ON3C(=O)CCC3=O)c2)C(=O)O)c1. The maximum absolute atomic E-state index is 12.8. The van der Waals surface area contributed by atoms with Gasteiger partial charge in [-0.1, -0.05) is 6.07 Å². The zero-order valence-corrected chi connectivity index (χ0v) is 29.0. The summed E-state index contributed by atoms with van der Waals surface area (Å²) in [6.07, 6.45) is 2.56. The second-order valence-corrected chi connectivity index (χ2v) is 12.0. The van der Waals surface area contributed by atoms with Crippen molar-refractivity contribution < 1.29 is 63.0 Å². The van der Waals surface area contributed by atoms with E-state index >= 15 is 0 Å². The first-order valence-electron chi connectivity index (χ1n) is 16.6. The Morgan fingerprint density at radius 3 is 2.06 bits per heavy atom. The fourth-order valence-electron chi connectivity index (χ4n) is 4.88. The quantitative estimate of drug-likeness (QED) is 0.0629. The Hall–Kier alpha value is -6.73. The lowest BCUT2D eigenvalue weighted by Crippen LogP contribution is -2.52. The molecule has 0 saturated carbocycles. The van der Waals surface area contributed by atoms with Crippen molar-refractivity contribution in [1.82, 2.24) is 36.6 Å². The van der Waals surface area contributed by atoms with Crippen molar-refractivity contribution in [2.75, 3.05) is 19.6 Å². The Morgan fingerprint density at radius 2 is 1.41 bits per heavy atom. The van der Waals surface area contributed by atoms with Crippen LogP contribution in [0, 0.1) is 6.92 Å². The number of carboxylic acid groups (broad SMARTS) is 2. The second-order valence-electron chi connectivity index (χ2n) is 12.0. The molecule has 3 rings (SSSR count). The van der Waals surface area contributed by atoms with E-state index in [9.17, 15) is 53.1 Å². The number of hydroxylamine groups is 2. The molecule has 7 amide bonds. The van der Waals surface area contributed by atoms with Crippen LogP contribution in [-0.4, -0.2) is 111 Å². The number of aryl methyl sites for hydroxylation is 1. The zero-order chi connectivity index (χ0) is 39.8. The number of carbonyl (C=O) groups is 10. The lowest BCUT2D eigenvalue weighted by atomic mass is 10.1. The minimum absolute atomic E-state index is 0.00883. The van der Waals surface area contributed by atoms with E-state index in [4.69, 9.17) is 9.94 Å². The first-order valence-corrected chi connectivity index (χ1v) is 16.6. The Morgan fingerprint density at radius 1 is 0.778 bits per heavy atom. The molecule has 0 spiro atoms. The average molecular weight is 754 g/mol. The first kappa shape index (κ1) is 41.7. The topological polar surface area (TPSA) is 297 Å². The molecule has 288 valence electrons. The number of aromatic nitrogens is 1. The summed E-state index contributed by atoms with van der Waals surface area (Å²) in [6.45, 7) is 0.624. The van der Waals surface area contributed by atoms with Gasteiger partial charge in [-0.15, -0.1) is 5.06 Å². The van der Waals surface area contributed by atoms with E-state index < -0.39 is 91.4 Å². The van der Waals surface area contributed by atoms with Crippen LogP contribution in [-0.2, 0) is 38.4 Å². The Balaban J connectivity index is 1.45. The first-order chi connectivity index (χ1) is 25.6. The number of benzene rings is 1. The molecule has 1 fully saturated rings. The summed E-state index contributed by atoms with van der Waals surface area (Å²) in [4.78, 5) is 130. The van der Waals surface area contributed by atoms with Gasteiger partial charge in [0, 0.05) is 43.8 Å². The molecule has 0 radical (unpaired) electrons. The molecule has 1 saturated heterocycles. The van der Waals surface area contributed by atoms with Crippen molar-refractivity contribution in [3.63, 3.8) is 0 Å². The fraction of sp³-hybridized carbons (Fsp3) is 0.382. The Kier molecular flexibility index (Phi) is 15.7. The standard InChI is InChI=1S/C34H39N7O13/c1-19-13-22(16-35-15-19)31(49)36-12-3-2-7-24(33(51)52)40-26(43)18-38-32(50)23(8-11-29(46)47)39-25(42)17-37-30(48)20-5-4-6-21(14-20)34(53)54-41-27(44)9-10-28(41)45/h4-6,13-16,23-24H,2-3,7-12,17-18H2,1H3,(H,36,49)(H,37,48)(H,38,50)(H,39,42)(H,40,43)(H,46,47)(H,51,52). The lowest BCUT2D eigenvalue weighted by molar-refractivity contribution is -0.172. The number of carbonyl (C=O) groups excluding carboxylic acids is 8. The molecule has 2 atom stereocenters. The van der Waals surface area contributed by atoms with Crippen LogP contribution < -0.4 is 26.6 Å². The van der Waals surface area contributed by atoms with Crippen LogP contribution in [0.25, 0.3) is 0 Å². The molecule has 2 unspecified atom stereocenters. The van der Waals surface area contributed by atoms with E-state index in [2.05, 4.69) is 31.6 Å². The predicted molar refractivity (Wildman–Crippen MR) is 182 cm³/mol. The lowest BCUT2D eigenvalue weighted by Gasteiger charge is -2.19. The monoisotopic (exact) mass is 753 g/mol. The number of imide groups is 1. The number of unbranched alkanes of at least 4 members (excludes halogenated alkanes) is 1. The van der Waals surface area contributed by atoms with E-state index in [1.165, 1.54) is 24.4 Å². The molecule has 2 heterocycles.